The fraction of sp³-hybridized carbons (Fsp3) is 0.273. The van der Waals surface area contributed by atoms with Crippen molar-refractivity contribution >= 4 is 34.6 Å². The Kier molecular flexibility index (Phi) is 6.29. The Bertz CT molecular complexity index is 1210. The highest BCUT2D eigenvalue weighted by Crippen LogP contribution is 2.20. The largest absolute Gasteiger partial charge is 0.480 e. The summed E-state index contributed by atoms with van der Waals surface area (Å²) < 4.78 is 7.41. The van der Waals surface area contributed by atoms with Gasteiger partial charge in [-0.15, -0.1) is 5.10 Å². The molecule has 3 aromatic rings. The van der Waals surface area contributed by atoms with Gasteiger partial charge in [-0.3, -0.25) is 19.2 Å². The second kappa shape index (κ2) is 9.47. The van der Waals surface area contributed by atoms with Crippen LogP contribution in [0, 0.1) is 5.92 Å². The van der Waals surface area contributed by atoms with Gasteiger partial charge in [0.25, 0.3) is 0 Å². The predicted octanol–water partition coefficient (Wildman–Crippen LogP) is 0.586. The lowest BCUT2D eigenvalue weighted by Crippen LogP contribution is -2.52. The van der Waals surface area contributed by atoms with Gasteiger partial charge in [0.15, 0.2) is 18.4 Å². The molecule has 4 rings (SSSR count). The van der Waals surface area contributed by atoms with Gasteiger partial charge < -0.3 is 20.1 Å². The molecule has 0 bridgehead atoms. The lowest BCUT2D eigenvalue weighted by molar-refractivity contribution is -0.152. The molecule has 1 fully saturated rings. The maximum absolute atomic E-state index is 12.7. The zero-order chi connectivity index (χ0) is 23.4. The Hall–Kier alpha value is -4.28. The molecule has 1 unspecified atom stereocenters. The van der Waals surface area contributed by atoms with E-state index in [1.807, 2.05) is 24.3 Å². The number of rotatable bonds is 8. The fourth-order valence-electron chi connectivity index (χ4n) is 3.56. The van der Waals surface area contributed by atoms with E-state index in [2.05, 4.69) is 15.6 Å². The van der Waals surface area contributed by atoms with E-state index in [1.54, 1.807) is 28.9 Å². The number of carboxylic acid groups (broad SMARTS) is 1. The number of carbonyl (C=O) groups excluding carboxylic acids is 3. The van der Waals surface area contributed by atoms with Gasteiger partial charge in [0, 0.05) is 19.5 Å². The first-order chi connectivity index (χ1) is 15.9. The van der Waals surface area contributed by atoms with Gasteiger partial charge >= 0.3 is 5.97 Å². The summed E-state index contributed by atoms with van der Waals surface area (Å²) in [6, 6.07) is 14.6. The minimum atomic E-state index is -1.52. The molecule has 0 saturated carbocycles. The number of Topliss-reactive ketones (excluding diaryl/α,β-unsaturated/α-hetero) is 1. The lowest BCUT2D eigenvalue weighted by Gasteiger charge is -2.30. The van der Waals surface area contributed by atoms with E-state index in [0.29, 0.717) is 5.75 Å². The number of nitrogens with zero attached hydrogens (tertiary/aromatic N) is 4. The molecule has 33 heavy (non-hydrogen) atoms. The summed E-state index contributed by atoms with van der Waals surface area (Å²) in [6.07, 6.45) is 0.0317. The number of carboxylic acids is 1. The number of amides is 2. The first-order valence-corrected chi connectivity index (χ1v) is 10.2. The van der Waals surface area contributed by atoms with Gasteiger partial charge in [-0.05, 0) is 29.8 Å². The molecule has 1 saturated heterocycles. The Morgan fingerprint density at radius 2 is 1.88 bits per heavy atom. The average Bonchev–Trinajstić information content (AvgIpc) is 3.22. The first-order valence-electron chi connectivity index (χ1n) is 10.2. The van der Waals surface area contributed by atoms with Gasteiger partial charge in [0.05, 0.1) is 5.52 Å². The maximum Gasteiger partial charge on any atom is 0.322 e. The number of ether oxygens (including phenoxy) is 1. The number of nitrogens with one attached hydrogen (secondary N) is 1. The second-order valence-corrected chi connectivity index (χ2v) is 7.52. The molecule has 2 aromatic carbocycles. The van der Waals surface area contributed by atoms with Gasteiger partial charge in [-0.1, -0.05) is 29.5 Å². The standard InChI is InChI=1S/C22H21N5O6/c28-18-9-10-26(22(32)20(18)21(31)23-11-19(29)30)12-14-5-7-15(8-6-14)33-13-27-17-4-2-1-3-16(17)24-25-27/h1-8,20H,9-13H2,(H,23,31)(H,29,30). The fourth-order valence-corrected chi connectivity index (χ4v) is 3.56. The van der Waals surface area contributed by atoms with Gasteiger partial charge in [-0.25, -0.2) is 4.68 Å². The van der Waals surface area contributed by atoms with Crippen LogP contribution in [0.2, 0.25) is 0 Å². The van der Waals surface area contributed by atoms with Crippen molar-refractivity contribution in [3.8, 4) is 5.75 Å². The molecule has 2 heterocycles. The van der Waals surface area contributed by atoms with Crippen LogP contribution < -0.4 is 10.1 Å². The monoisotopic (exact) mass is 451 g/mol. The molecule has 1 atom stereocenters. The number of fused-ring (bicyclic) bond motifs is 1. The van der Waals surface area contributed by atoms with E-state index in [-0.39, 0.29) is 26.2 Å². The van der Waals surface area contributed by atoms with E-state index in [0.717, 1.165) is 16.6 Å². The molecule has 0 radical (unpaired) electrons. The SMILES string of the molecule is O=C(O)CNC(=O)C1C(=O)CCN(Cc2ccc(OCn3nnc4ccccc43)cc2)C1=O. The number of ketones is 1. The molecular weight excluding hydrogens is 430 g/mol. The number of carbonyl (C=O) groups is 4. The predicted molar refractivity (Wildman–Crippen MR) is 114 cm³/mol. The zero-order valence-electron chi connectivity index (χ0n) is 17.5. The smallest absolute Gasteiger partial charge is 0.322 e. The quantitative estimate of drug-likeness (QED) is 0.474. The third-order valence-corrected chi connectivity index (χ3v) is 5.26. The van der Waals surface area contributed by atoms with Crippen molar-refractivity contribution in [2.45, 2.75) is 19.7 Å². The summed E-state index contributed by atoms with van der Waals surface area (Å²) in [4.78, 5) is 49.0. The molecule has 1 aliphatic rings. The summed E-state index contributed by atoms with van der Waals surface area (Å²) in [5.41, 5.74) is 2.42. The summed E-state index contributed by atoms with van der Waals surface area (Å²) in [7, 11) is 0. The summed E-state index contributed by atoms with van der Waals surface area (Å²) >= 11 is 0. The molecule has 2 N–H and O–H groups in total. The molecular formula is C22H21N5O6. The van der Waals surface area contributed by atoms with E-state index >= 15 is 0 Å². The number of benzene rings is 2. The van der Waals surface area contributed by atoms with Crippen LogP contribution >= 0.6 is 0 Å². The molecule has 1 aliphatic heterocycles. The van der Waals surface area contributed by atoms with Crippen molar-refractivity contribution in [3.05, 3.63) is 54.1 Å². The summed E-state index contributed by atoms with van der Waals surface area (Å²) in [5.74, 6) is -4.20. The van der Waals surface area contributed by atoms with Crippen LogP contribution in [0.5, 0.6) is 5.75 Å². The summed E-state index contributed by atoms with van der Waals surface area (Å²) in [5, 5.41) is 18.9. The number of piperidine rings is 1. The van der Waals surface area contributed by atoms with Crippen LogP contribution in [0.4, 0.5) is 0 Å². The number of likely N-dealkylation sites (tertiary alicyclic amines) is 1. The van der Waals surface area contributed by atoms with Crippen LogP contribution in [0.1, 0.15) is 12.0 Å². The minimum Gasteiger partial charge on any atom is -0.480 e. The van der Waals surface area contributed by atoms with Crippen LogP contribution in [0.15, 0.2) is 48.5 Å². The Labute approximate surface area is 187 Å². The lowest BCUT2D eigenvalue weighted by atomic mass is 9.94. The van der Waals surface area contributed by atoms with Crippen molar-refractivity contribution < 1.29 is 29.0 Å². The van der Waals surface area contributed by atoms with Crippen molar-refractivity contribution in [2.75, 3.05) is 13.1 Å². The Morgan fingerprint density at radius 1 is 1.12 bits per heavy atom. The topological polar surface area (TPSA) is 144 Å². The third kappa shape index (κ3) is 4.97. The number of hydrogen-bond acceptors (Lipinski definition) is 7. The van der Waals surface area contributed by atoms with E-state index in [4.69, 9.17) is 9.84 Å². The van der Waals surface area contributed by atoms with Crippen molar-refractivity contribution in [1.82, 2.24) is 25.2 Å². The average molecular weight is 451 g/mol. The molecule has 11 nitrogen and oxygen atoms in total. The maximum atomic E-state index is 12.7. The van der Waals surface area contributed by atoms with E-state index < -0.39 is 36.0 Å². The van der Waals surface area contributed by atoms with Crippen LogP contribution in [-0.2, 0) is 32.5 Å². The minimum absolute atomic E-state index is 0.0317. The van der Waals surface area contributed by atoms with Crippen molar-refractivity contribution in [1.29, 1.82) is 0 Å². The van der Waals surface area contributed by atoms with E-state index in [1.165, 1.54) is 4.90 Å². The van der Waals surface area contributed by atoms with E-state index in [9.17, 15) is 19.2 Å². The molecule has 170 valence electrons. The highest BCUT2D eigenvalue weighted by molar-refractivity contribution is 6.19. The Balaban J connectivity index is 1.36. The molecule has 0 spiro atoms. The number of para-hydroxylation sites is 1. The van der Waals surface area contributed by atoms with Crippen LogP contribution in [0.25, 0.3) is 11.0 Å². The Morgan fingerprint density at radius 3 is 2.64 bits per heavy atom. The molecule has 11 heteroatoms. The van der Waals surface area contributed by atoms with Gasteiger partial charge in [0.2, 0.25) is 11.8 Å². The zero-order valence-corrected chi connectivity index (χ0v) is 17.5. The van der Waals surface area contributed by atoms with Crippen LogP contribution in [0.3, 0.4) is 0 Å². The molecule has 1 aromatic heterocycles. The molecule has 0 aliphatic carbocycles. The van der Waals surface area contributed by atoms with Crippen LogP contribution in [-0.4, -0.2) is 61.7 Å². The highest BCUT2D eigenvalue weighted by atomic mass is 16.5. The summed E-state index contributed by atoms with van der Waals surface area (Å²) in [6.45, 7) is -0.0672. The number of aromatic nitrogens is 3. The highest BCUT2D eigenvalue weighted by Gasteiger charge is 2.40. The van der Waals surface area contributed by atoms with Gasteiger partial charge in [0.1, 0.15) is 17.8 Å². The van der Waals surface area contributed by atoms with Crippen molar-refractivity contribution in [2.24, 2.45) is 5.92 Å². The molecule has 2 amide bonds. The number of hydrogen-bond donors (Lipinski definition) is 2. The number of aliphatic carboxylic acids is 1. The van der Waals surface area contributed by atoms with Gasteiger partial charge in [-0.2, -0.15) is 0 Å². The second-order valence-electron chi connectivity index (χ2n) is 7.52. The third-order valence-electron chi connectivity index (χ3n) is 5.26. The first kappa shape index (κ1) is 21.9. The van der Waals surface area contributed by atoms with Crippen molar-refractivity contribution in [3.63, 3.8) is 0 Å². The normalized spacial score (nSPS) is 16.1.